The molecule has 0 atom stereocenters. The maximum atomic E-state index is 11.8. The molecule has 0 unspecified atom stereocenters. The molecule has 1 amide bonds. The van der Waals surface area contributed by atoms with Gasteiger partial charge >= 0.3 is 23.2 Å². The lowest BCUT2D eigenvalue weighted by Crippen LogP contribution is -2.41. The quantitative estimate of drug-likeness (QED) is 0.660. The first-order valence-electron chi connectivity index (χ1n) is 5.21. The van der Waals surface area contributed by atoms with E-state index in [1.165, 1.54) is 31.3 Å². The average molecular weight is 264 g/mol. The molecule has 0 aliphatic rings. The zero-order chi connectivity index (χ0) is 14.0. The van der Waals surface area contributed by atoms with E-state index in [0.717, 1.165) is 4.68 Å². The van der Waals surface area contributed by atoms with Crippen LogP contribution in [0.15, 0.2) is 33.6 Å². The van der Waals surface area contributed by atoms with Crippen molar-refractivity contribution in [3.05, 3.63) is 45.9 Å². The van der Waals surface area contributed by atoms with Gasteiger partial charge in [-0.25, -0.2) is 9.59 Å². The Labute approximate surface area is 106 Å². The number of aromatic amines is 1. The molecular weight excluding hydrogens is 254 g/mol. The number of hydrogen-bond acceptors (Lipinski definition) is 4. The first-order valence-corrected chi connectivity index (χ1v) is 5.21. The van der Waals surface area contributed by atoms with Gasteiger partial charge in [0, 0.05) is 5.69 Å². The predicted octanol–water partition coefficient (Wildman–Crippen LogP) is -0.257. The number of H-pyrrole nitrogens is 1. The highest BCUT2D eigenvalue weighted by atomic mass is 16.5. The van der Waals surface area contributed by atoms with Crippen molar-refractivity contribution in [2.24, 2.45) is 7.05 Å². The summed E-state index contributed by atoms with van der Waals surface area (Å²) in [6.45, 7) is 0. The number of rotatable bonds is 3. The molecule has 8 nitrogen and oxygen atoms in total. The molecule has 1 aromatic heterocycles. The normalized spacial score (nSPS) is 10.2. The third kappa shape index (κ3) is 2.51. The minimum atomic E-state index is -1.06. The maximum Gasteiger partial charge on any atom is 0.440 e. The highest BCUT2D eigenvalue weighted by Crippen LogP contribution is 2.09. The summed E-state index contributed by atoms with van der Waals surface area (Å²) in [5.74, 6) is -1.71. The van der Waals surface area contributed by atoms with Crippen LogP contribution in [0, 0.1) is 0 Å². The van der Waals surface area contributed by atoms with E-state index in [4.69, 9.17) is 5.11 Å². The number of nitrogens with one attached hydrogen (secondary N) is 2. The van der Waals surface area contributed by atoms with E-state index in [0.29, 0.717) is 5.69 Å². The van der Waals surface area contributed by atoms with E-state index in [2.05, 4.69) is 15.1 Å². The Bertz CT molecular complexity index is 683. The molecule has 2 aromatic rings. The Morgan fingerprint density at radius 1 is 1.32 bits per heavy atom. The largest absolute Gasteiger partial charge is 0.478 e. The van der Waals surface area contributed by atoms with Gasteiger partial charge in [0.25, 0.3) is 0 Å². The number of hydrogen-bond donors (Lipinski definition) is 3. The third-order valence-electron chi connectivity index (χ3n) is 2.41. The number of aryl methyl sites for hydroxylation is 1. The summed E-state index contributed by atoms with van der Waals surface area (Å²) in [4.78, 5) is 33.7. The summed E-state index contributed by atoms with van der Waals surface area (Å²) in [5.41, 5.74) is -0.509. The molecule has 3 N–H and O–H groups in total. The first-order chi connectivity index (χ1) is 8.99. The third-order valence-corrected chi connectivity index (χ3v) is 2.41. The lowest BCUT2D eigenvalue weighted by atomic mass is 10.2. The summed E-state index contributed by atoms with van der Waals surface area (Å²) < 4.78 is 5.59. The van der Waals surface area contributed by atoms with Gasteiger partial charge in [0.2, 0.25) is 0 Å². The fraction of sp³-hybridized carbons (Fsp3) is 0.0909. The molecule has 98 valence electrons. The number of aromatic carboxylic acids is 1. The van der Waals surface area contributed by atoms with E-state index in [-0.39, 0.29) is 11.3 Å². The van der Waals surface area contributed by atoms with Crippen LogP contribution >= 0.6 is 0 Å². The molecule has 0 spiro atoms. The van der Waals surface area contributed by atoms with Gasteiger partial charge in [-0.05, 0) is 29.5 Å². The Balaban J connectivity index is 2.20. The standard InChI is InChI=1S/C11H9N3O5/c1-14-8(11(18)19-13-14)9(15)12-7-4-2-6(3-5-7)10(16)17/h2-5H,1H3,(H2-,12,13,15,16,17,18)/p+1. The molecule has 0 radical (unpaired) electrons. The number of aromatic nitrogens is 2. The number of amides is 1. The second-order valence-corrected chi connectivity index (χ2v) is 3.73. The van der Waals surface area contributed by atoms with Crippen molar-refractivity contribution in [2.45, 2.75) is 0 Å². The van der Waals surface area contributed by atoms with Crippen LogP contribution in [0.25, 0.3) is 0 Å². The smallest absolute Gasteiger partial charge is 0.440 e. The highest BCUT2D eigenvalue weighted by Gasteiger charge is 2.26. The van der Waals surface area contributed by atoms with Crippen molar-refractivity contribution in [1.82, 2.24) is 5.27 Å². The van der Waals surface area contributed by atoms with Gasteiger partial charge in [-0.1, -0.05) is 4.68 Å². The molecule has 1 heterocycles. The Morgan fingerprint density at radius 3 is 2.42 bits per heavy atom. The van der Waals surface area contributed by atoms with Crippen LogP contribution in [0.5, 0.6) is 0 Å². The van der Waals surface area contributed by atoms with Crippen molar-refractivity contribution >= 4 is 17.6 Å². The second kappa shape index (κ2) is 4.77. The molecule has 0 saturated carbocycles. The molecule has 2 rings (SSSR count). The Morgan fingerprint density at radius 2 is 1.95 bits per heavy atom. The van der Waals surface area contributed by atoms with Gasteiger partial charge in [-0.2, -0.15) is 0 Å². The van der Waals surface area contributed by atoms with Gasteiger partial charge < -0.3 is 10.4 Å². The van der Waals surface area contributed by atoms with Gasteiger partial charge in [-0.3, -0.25) is 9.32 Å². The van der Waals surface area contributed by atoms with Crippen LogP contribution in [0.2, 0.25) is 0 Å². The molecule has 1 aromatic carbocycles. The second-order valence-electron chi connectivity index (χ2n) is 3.73. The minimum absolute atomic E-state index is 0.102. The van der Waals surface area contributed by atoms with Gasteiger partial charge in [-0.15, -0.1) is 0 Å². The summed E-state index contributed by atoms with van der Waals surface area (Å²) in [6.07, 6.45) is 0. The number of carboxylic acid groups (broad SMARTS) is 1. The average Bonchev–Trinajstić information content (AvgIpc) is 2.69. The van der Waals surface area contributed by atoms with E-state index >= 15 is 0 Å². The molecule has 0 aliphatic carbocycles. The van der Waals surface area contributed by atoms with Crippen LogP contribution in [0.1, 0.15) is 20.8 Å². The van der Waals surface area contributed by atoms with Crippen molar-refractivity contribution in [2.75, 3.05) is 5.32 Å². The lowest BCUT2D eigenvalue weighted by molar-refractivity contribution is -0.741. The maximum absolute atomic E-state index is 11.8. The Hall–Kier alpha value is -2.90. The van der Waals surface area contributed by atoms with Crippen LogP contribution in [-0.2, 0) is 7.05 Å². The Kier molecular flexibility index (Phi) is 3.15. The van der Waals surface area contributed by atoms with E-state index < -0.39 is 17.5 Å². The fourth-order valence-corrected chi connectivity index (χ4v) is 1.47. The molecular formula is C11H10N3O5+. The molecule has 0 saturated heterocycles. The predicted molar refractivity (Wildman–Crippen MR) is 61.9 cm³/mol. The zero-order valence-corrected chi connectivity index (χ0v) is 9.84. The van der Waals surface area contributed by atoms with Crippen molar-refractivity contribution < 1.29 is 23.9 Å². The zero-order valence-electron chi connectivity index (χ0n) is 9.84. The highest BCUT2D eigenvalue weighted by molar-refractivity contribution is 6.01. The monoisotopic (exact) mass is 264 g/mol. The van der Waals surface area contributed by atoms with Gasteiger partial charge in [0.1, 0.15) is 0 Å². The molecule has 0 aliphatic heterocycles. The topological polar surface area (TPSA) is 116 Å². The lowest BCUT2D eigenvalue weighted by Gasteiger charge is -2.01. The number of anilines is 1. The molecule has 0 bridgehead atoms. The number of carbonyl (C=O) groups excluding carboxylic acids is 1. The van der Waals surface area contributed by atoms with Crippen molar-refractivity contribution in [1.29, 1.82) is 0 Å². The summed E-state index contributed by atoms with van der Waals surface area (Å²) in [5, 5.41) is 13.4. The minimum Gasteiger partial charge on any atom is -0.478 e. The van der Waals surface area contributed by atoms with E-state index in [1.807, 2.05) is 0 Å². The van der Waals surface area contributed by atoms with E-state index in [1.54, 1.807) is 0 Å². The van der Waals surface area contributed by atoms with Crippen LogP contribution in [0.4, 0.5) is 5.69 Å². The SMILES string of the molecule is C[n+]1[nH]oc(=O)c1C(=O)Nc1ccc(C(=O)O)cc1. The number of carboxylic acids is 1. The van der Waals surface area contributed by atoms with Crippen LogP contribution in [0.3, 0.4) is 0 Å². The molecule has 0 fully saturated rings. The number of nitrogens with zero attached hydrogens (tertiary/aromatic N) is 1. The summed E-state index contributed by atoms with van der Waals surface area (Å²) in [7, 11) is 1.45. The first kappa shape index (κ1) is 12.6. The summed E-state index contributed by atoms with van der Waals surface area (Å²) >= 11 is 0. The van der Waals surface area contributed by atoms with Gasteiger partial charge in [0.05, 0.1) is 5.56 Å². The number of carbonyl (C=O) groups is 2. The van der Waals surface area contributed by atoms with Crippen LogP contribution in [-0.4, -0.2) is 22.3 Å². The van der Waals surface area contributed by atoms with Crippen molar-refractivity contribution in [3.8, 4) is 0 Å². The molecule has 19 heavy (non-hydrogen) atoms. The number of benzene rings is 1. The van der Waals surface area contributed by atoms with E-state index in [9.17, 15) is 14.4 Å². The summed E-state index contributed by atoms with van der Waals surface area (Å²) in [6, 6.07) is 5.54. The van der Waals surface area contributed by atoms with Crippen molar-refractivity contribution in [3.63, 3.8) is 0 Å². The van der Waals surface area contributed by atoms with Crippen LogP contribution < -0.4 is 15.6 Å². The fourth-order valence-electron chi connectivity index (χ4n) is 1.47. The van der Waals surface area contributed by atoms with Gasteiger partial charge in [0.15, 0.2) is 7.05 Å². The molecule has 8 heteroatoms.